The van der Waals surface area contributed by atoms with Gasteiger partial charge < -0.3 is 10.2 Å². The molecule has 2 amide bonds. The second-order valence-corrected chi connectivity index (χ2v) is 10.9. The standard InChI is InChI=1S/C26H30Cl3FN2O2S/c1-2-24(26(34)31-18-7-4-3-5-8-18)32(14-17-11-12-21(28)22(29)13-17)25(33)16-35-15-19-20(27)9-6-10-23(19)30/h6,9-13,18,24H,2-5,7-8,14-16H2,1H3,(H,31,34). The van der Waals surface area contributed by atoms with Crippen molar-refractivity contribution < 1.29 is 14.0 Å². The number of nitrogens with one attached hydrogen (secondary N) is 1. The van der Waals surface area contributed by atoms with Gasteiger partial charge in [-0.2, -0.15) is 0 Å². The van der Waals surface area contributed by atoms with E-state index in [-0.39, 0.29) is 35.9 Å². The molecule has 2 aromatic carbocycles. The maximum absolute atomic E-state index is 14.1. The Kier molecular flexibility index (Phi) is 11.0. The molecule has 9 heteroatoms. The average Bonchev–Trinajstić information content (AvgIpc) is 2.83. The third-order valence-electron chi connectivity index (χ3n) is 6.21. The Morgan fingerprint density at radius 1 is 1.09 bits per heavy atom. The fraction of sp³-hybridized carbons (Fsp3) is 0.462. The summed E-state index contributed by atoms with van der Waals surface area (Å²) in [5.74, 6) is -0.417. The summed E-state index contributed by atoms with van der Waals surface area (Å²) in [6.45, 7) is 2.11. The zero-order valence-corrected chi connectivity index (χ0v) is 22.8. The highest BCUT2D eigenvalue weighted by atomic mass is 35.5. The number of hydrogen-bond acceptors (Lipinski definition) is 3. The first-order valence-electron chi connectivity index (χ1n) is 11.8. The topological polar surface area (TPSA) is 49.4 Å². The van der Waals surface area contributed by atoms with Gasteiger partial charge in [0.25, 0.3) is 0 Å². The van der Waals surface area contributed by atoms with E-state index in [0.29, 0.717) is 27.1 Å². The summed E-state index contributed by atoms with van der Waals surface area (Å²) >= 11 is 19.6. The second-order valence-electron chi connectivity index (χ2n) is 8.73. The van der Waals surface area contributed by atoms with E-state index in [2.05, 4.69) is 5.32 Å². The Morgan fingerprint density at radius 2 is 1.83 bits per heavy atom. The van der Waals surface area contributed by atoms with Gasteiger partial charge in [-0.15, -0.1) is 11.8 Å². The molecule has 0 spiro atoms. The zero-order valence-electron chi connectivity index (χ0n) is 19.7. The molecule has 0 bridgehead atoms. The summed E-state index contributed by atoms with van der Waals surface area (Å²) in [7, 11) is 0. The van der Waals surface area contributed by atoms with Crippen LogP contribution < -0.4 is 5.32 Å². The van der Waals surface area contributed by atoms with Crippen LogP contribution in [-0.4, -0.2) is 34.6 Å². The third kappa shape index (κ3) is 8.01. The van der Waals surface area contributed by atoms with Gasteiger partial charge in [-0.1, -0.05) is 73.1 Å². The largest absolute Gasteiger partial charge is 0.352 e. The molecule has 0 aromatic heterocycles. The first-order chi connectivity index (χ1) is 16.8. The van der Waals surface area contributed by atoms with Crippen LogP contribution in [0.4, 0.5) is 4.39 Å². The smallest absolute Gasteiger partial charge is 0.243 e. The van der Waals surface area contributed by atoms with Crippen molar-refractivity contribution in [1.29, 1.82) is 0 Å². The number of nitrogens with zero attached hydrogens (tertiary/aromatic N) is 1. The Balaban J connectivity index is 1.75. The highest BCUT2D eigenvalue weighted by molar-refractivity contribution is 7.99. The summed E-state index contributed by atoms with van der Waals surface area (Å²) in [6, 6.07) is 9.23. The fourth-order valence-corrected chi connectivity index (χ4v) is 5.86. The number of carbonyl (C=O) groups excluding carboxylic acids is 2. The lowest BCUT2D eigenvalue weighted by atomic mass is 9.95. The van der Waals surface area contributed by atoms with Crippen LogP contribution in [0, 0.1) is 5.82 Å². The molecule has 4 nitrogen and oxygen atoms in total. The molecule has 2 aromatic rings. The molecule has 1 aliphatic rings. The molecule has 1 unspecified atom stereocenters. The van der Waals surface area contributed by atoms with E-state index in [1.54, 1.807) is 35.2 Å². The van der Waals surface area contributed by atoms with E-state index in [1.807, 2.05) is 6.92 Å². The van der Waals surface area contributed by atoms with Crippen LogP contribution >= 0.6 is 46.6 Å². The molecule has 0 saturated heterocycles. The van der Waals surface area contributed by atoms with E-state index in [4.69, 9.17) is 34.8 Å². The van der Waals surface area contributed by atoms with Gasteiger partial charge in [-0.05, 0) is 49.1 Å². The van der Waals surface area contributed by atoms with Crippen LogP contribution in [0.3, 0.4) is 0 Å². The van der Waals surface area contributed by atoms with Gasteiger partial charge >= 0.3 is 0 Å². The minimum Gasteiger partial charge on any atom is -0.352 e. The zero-order chi connectivity index (χ0) is 25.4. The summed E-state index contributed by atoms with van der Waals surface area (Å²) in [6.07, 6.45) is 5.78. The van der Waals surface area contributed by atoms with Crippen molar-refractivity contribution in [1.82, 2.24) is 10.2 Å². The van der Waals surface area contributed by atoms with E-state index < -0.39 is 11.9 Å². The highest BCUT2D eigenvalue weighted by Gasteiger charge is 2.30. The van der Waals surface area contributed by atoms with E-state index in [9.17, 15) is 14.0 Å². The number of hydrogen-bond donors (Lipinski definition) is 1. The summed E-state index contributed by atoms with van der Waals surface area (Å²) < 4.78 is 14.1. The number of amides is 2. The number of benzene rings is 2. The van der Waals surface area contributed by atoms with E-state index in [1.165, 1.54) is 24.2 Å². The minimum absolute atomic E-state index is 0.0825. The van der Waals surface area contributed by atoms with Crippen molar-refractivity contribution in [2.75, 3.05) is 5.75 Å². The molecule has 3 rings (SSSR count). The molecule has 190 valence electrons. The van der Waals surface area contributed by atoms with E-state index >= 15 is 0 Å². The predicted molar refractivity (Wildman–Crippen MR) is 144 cm³/mol. The quantitative estimate of drug-likeness (QED) is 0.333. The van der Waals surface area contributed by atoms with Crippen LogP contribution in [0.15, 0.2) is 36.4 Å². The van der Waals surface area contributed by atoms with Crippen LogP contribution in [-0.2, 0) is 21.9 Å². The number of carbonyl (C=O) groups is 2. The lowest BCUT2D eigenvalue weighted by molar-refractivity contribution is -0.139. The lowest BCUT2D eigenvalue weighted by Crippen LogP contribution is -2.52. The molecular weight excluding hydrogens is 530 g/mol. The molecule has 0 heterocycles. The first kappa shape index (κ1) is 28.1. The van der Waals surface area contributed by atoms with E-state index in [0.717, 1.165) is 31.2 Å². The maximum Gasteiger partial charge on any atom is 0.243 e. The monoisotopic (exact) mass is 558 g/mol. The molecule has 1 aliphatic carbocycles. The molecule has 1 N–H and O–H groups in total. The predicted octanol–water partition coefficient (Wildman–Crippen LogP) is 7.28. The Bertz CT molecular complexity index is 1010. The minimum atomic E-state index is -0.628. The number of halogens is 4. The first-order valence-corrected chi connectivity index (χ1v) is 14.1. The molecule has 1 saturated carbocycles. The maximum atomic E-state index is 14.1. The Morgan fingerprint density at radius 3 is 2.49 bits per heavy atom. The normalized spacial score (nSPS) is 15.0. The van der Waals surface area contributed by atoms with Gasteiger partial charge in [0, 0.05) is 28.9 Å². The number of rotatable bonds is 10. The summed E-state index contributed by atoms with van der Waals surface area (Å²) in [5, 5.41) is 4.30. The van der Waals surface area contributed by atoms with Crippen LogP contribution in [0.2, 0.25) is 15.1 Å². The molecule has 0 radical (unpaired) electrons. The average molecular weight is 560 g/mol. The summed E-state index contributed by atoms with van der Waals surface area (Å²) in [5.41, 5.74) is 1.14. The molecular formula is C26H30Cl3FN2O2S. The highest BCUT2D eigenvalue weighted by Crippen LogP contribution is 2.27. The van der Waals surface area contributed by atoms with Gasteiger partial charge in [0.2, 0.25) is 11.8 Å². The lowest BCUT2D eigenvalue weighted by Gasteiger charge is -2.33. The van der Waals surface area contributed by atoms with Gasteiger partial charge in [0.15, 0.2) is 0 Å². The molecule has 1 fully saturated rings. The molecule has 35 heavy (non-hydrogen) atoms. The number of thioether (sulfide) groups is 1. The van der Waals surface area contributed by atoms with Crippen molar-refractivity contribution in [3.63, 3.8) is 0 Å². The van der Waals surface area contributed by atoms with Gasteiger partial charge in [0.05, 0.1) is 15.8 Å². The van der Waals surface area contributed by atoms with Crippen molar-refractivity contribution in [3.8, 4) is 0 Å². The molecule has 0 aliphatic heterocycles. The SMILES string of the molecule is CCC(C(=O)NC1CCCCC1)N(Cc1ccc(Cl)c(Cl)c1)C(=O)CSCc1c(F)cccc1Cl. The molecule has 1 atom stereocenters. The van der Waals surface area contributed by atoms with Gasteiger partial charge in [0.1, 0.15) is 11.9 Å². The third-order valence-corrected chi connectivity index (χ3v) is 8.25. The van der Waals surface area contributed by atoms with Crippen LogP contribution in [0.5, 0.6) is 0 Å². The fourth-order valence-electron chi connectivity index (χ4n) is 4.29. The summed E-state index contributed by atoms with van der Waals surface area (Å²) in [4.78, 5) is 28.2. The van der Waals surface area contributed by atoms with Gasteiger partial charge in [-0.3, -0.25) is 9.59 Å². The van der Waals surface area contributed by atoms with Gasteiger partial charge in [-0.25, -0.2) is 4.39 Å². The Hall–Kier alpha value is -1.47. The van der Waals surface area contributed by atoms with Crippen molar-refractivity contribution in [2.45, 2.75) is 69.8 Å². The van der Waals surface area contributed by atoms with Crippen molar-refractivity contribution in [3.05, 3.63) is 68.4 Å². The Labute approximate surface area is 225 Å². The van der Waals surface area contributed by atoms with Crippen LogP contribution in [0.25, 0.3) is 0 Å². The van der Waals surface area contributed by atoms with Crippen LogP contribution in [0.1, 0.15) is 56.6 Å². The second kappa shape index (κ2) is 13.7. The van der Waals surface area contributed by atoms with Crippen molar-refractivity contribution in [2.24, 2.45) is 0 Å². The van der Waals surface area contributed by atoms with Crippen molar-refractivity contribution >= 4 is 58.4 Å².